The van der Waals surface area contributed by atoms with E-state index < -0.39 is 0 Å². The Kier molecular flexibility index (Phi) is 3.46. The zero-order chi connectivity index (χ0) is 14.7. The van der Waals surface area contributed by atoms with E-state index in [4.69, 9.17) is 0 Å². The lowest BCUT2D eigenvalue weighted by Gasteiger charge is -2.07. The summed E-state index contributed by atoms with van der Waals surface area (Å²) in [7, 11) is 0. The number of aryl methyl sites for hydroxylation is 2. The molecule has 0 aromatic carbocycles. The maximum Gasteiger partial charge on any atom is 0.153 e. The lowest BCUT2D eigenvalue weighted by Crippen LogP contribution is -2.00. The van der Waals surface area contributed by atoms with Crippen LogP contribution >= 0.6 is 0 Å². The van der Waals surface area contributed by atoms with Gasteiger partial charge in [-0.2, -0.15) is 5.10 Å². The first-order valence-corrected chi connectivity index (χ1v) is 6.50. The van der Waals surface area contributed by atoms with Gasteiger partial charge in [0.25, 0.3) is 0 Å². The van der Waals surface area contributed by atoms with E-state index in [1.165, 1.54) is 0 Å². The molecule has 7 nitrogen and oxygen atoms in total. The van der Waals surface area contributed by atoms with Gasteiger partial charge < -0.3 is 10.6 Å². The van der Waals surface area contributed by atoms with Crippen LogP contribution in [0.1, 0.15) is 11.4 Å². The number of nitrogens with zero attached hydrogens (tertiary/aromatic N) is 4. The zero-order valence-corrected chi connectivity index (χ0v) is 11.8. The summed E-state index contributed by atoms with van der Waals surface area (Å²) in [4.78, 5) is 12.8. The Morgan fingerprint density at radius 1 is 0.952 bits per heavy atom. The fourth-order valence-corrected chi connectivity index (χ4v) is 1.79. The average Bonchev–Trinajstić information content (AvgIpc) is 2.87. The van der Waals surface area contributed by atoms with Gasteiger partial charge >= 0.3 is 0 Å². The number of aromatic nitrogens is 5. The van der Waals surface area contributed by atoms with Crippen LogP contribution in [0.3, 0.4) is 0 Å². The minimum absolute atomic E-state index is 0.617. The second-order valence-corrected chi connectivity index (χ2v) is 4.66. The fourth-order valence-electron chi connectivity index (χ4n) is 1.79. The van der Waals surface area contributed by atoms with Gasteiger partial charge in [0.15, 0.2) is 17.5 Å². The normalized spacial score (nSPS) is 10.4. The summed E-state index contributed by atoms with van der Waals surface area (Å²) >= 11 is 0. The predicted octanol–water partition coefficient (Wildman–Crippen LogP) is 2.70. The van der Waals surface area contributed by atoms with Crippen molar-refractivity contribution in [1.29, 1.82) is 0 Å². The molecular weight excluding hydrogens is 266 g/mol. The minimum atomic E-state index is 0.617. The predicted molar refractivity (Wildman–Crippen MR) is 80.9 cm³/mol. The first-order chi connectivity index (χ1) is 10.2. The monoisotopic (exact) mass is 281 g/mol. The Bertz CT molecular complexity index is 733. The summed E-state index contributed by atoms with van der Waals surface area (Å²) in [6.07, 6.45) is 5.05. The molecule has 0 radical (unpaired) electrons. The van der Waals surface area contributed by atoms with E-state index in [2.05, 4.69) is 35.8 Å². The van der Waals surface area contributed by atoms with E-state index >= 15 is 0 Å². The Labute approximate surface area is 121 Å². The second kappa shape index (κ2) is 5.58. The molecule has 0 spiro atoms. The number of anilines is 4. The van der Waals surface area contributed by atoms with E-state index in [9.17, 15) is 0 Å². The third kappa shape index (κ3) is 3.33. The SMILES string of the molecule is Cc1ccc(Nc2cncc(Nc3cc(C)[nH]n3)n2)cn1. The third-order valence-corrected chi connectivity index (χ3v) is 2.78. The van der Waals surface area contributed by atoms with Crippen LogP contribution in [0.15, 0.2) is 36.8 Å². The second-order valence-electron chi connectivity index (χ2n) is 4.66. The summed E-state index contributed by atoms with van der Waals surface area (Å²) in [5.74, 6) is 1.96. The average molecular weight is 281 g/mol. The molecule has 0 bridgehead atoms. The zero-order valence-electron chi connectivity index (χ0n) is 11.8. The summed E-state index contributed by atoms with van der Waals surface area (Å²) in [5.41, 5.74) is 2.81. The van der Waals surface area contributed by atoms with Gasteiger partial charge in [0.05, 0.1) is 24.3 Å². The van der Waals surface area contributed by atoms with Gasteiger partial charge in [0.1, 0.15) is 0 Å². The molecular formula is C14H15N7. The largest absolute Gasteiger partial charge is 0.338 e. The molecule has 106 valence electrons. The van der Waals surface area contributed by atoms with Crippen LogP contribution in [0.2, 0.25) is 0 Å². The van der Waals surface area contributed by atoms with E-state index in [0.29, 0.717) is 17.5 Å². The van der Waals surface area contributed by atoms with E-state index in [0.717, 1.165) is 17.1 Å². The van der Waals surface area contributed by atoms with Crippen molar-refractivity contribution >= 4 is 23.1 Å². The van der Waals surface area contributed by atoms with Crippen molar-refractivity contribution in [3.8, 4) is 0 Å². The van der Waals surface area contributed by atoms with Gasteiger partial charge in [-0.25, -0.2) is 4.98 Å². The maximum absolute atomic E-state index is 4.43. The summed E-state index contributed by atoms with van der Waals surface area (Å²) in [6, 6.07) is 5.78. The molecule has 3 heterocycles. The lowest BCUT2D eigenvalue weighted by atomic mass is 10.3. The Morgan fingerprint density at radius 3 is 2.43 bits per heavy atom. The van der Waals surface area contributed by atoms with E-state index in [-0.39, 0.29) is 0 Å². The molecule has 0 saturated heterocycles. The number of rotatable bonds is 4. The number of hydrogen-bond donors (Lipinski definition) is 3. The molecule has 0 aliphatic rings. The van der Waals surface area contributed by atoms with Crippen LogP contribution in [0.4, 0.5) is 23.1 Å². The van der Waals surface area contributed by atoms with Gasteiger partial charge in [-0.1, -0.05) is 0 Å². The third-order valence-electron chi connectivity index (χ3n) is 2.78. The molecule has 0 atom stereocenters. The molecule has 0 fully saturated rings. The molecule has 0 unspecified atom stereocenters. The number of H-pyrrole nitrogens is 1. The first-order valence-electron chi connectivity index (χ1n) is 6.50. The van der Waals surface area contributed by atoms with Gasteiger partial charge in [-0.3, -0.25) is 15.1 Å². The van der Waals surface area contributed by atoms with Crippen LogP contribution < -0.4 is 10.6 Å². The van der Waals surface area contributed by atoms with Crippen molar-refractivity contribution in [3.05, 3.63) is 48.2 Å². The molecule has 3 N–H and O–H groups in total. The van der Waals surface area contributed by atoms with Gasteiger partial charge in [-0.15, -0.1) is 0 Å². The maximum atomic E-state index is 4.43. The van der Waals surface area contributed by atoms with Gasteiger partial charge in [0.2, 0.25) is 0 Å². The number of hydrogen-bond acceptors (Lipinski definition) is 6. The van der Waals surface area contributed by atoms with E-state index in [1.54, 1.807) is 18.6 Å². The van der Waals surface area contributed by atoms with Crippen LogP contribution in [-0.4, -0.2) is 25.1 Å². The van der Waals surface area contributed by atoms with Crippen molar-refractivity contribution in [2.24, 2.45) is 0 Å². The van der Waals surface area contributed by atoms with Crippen molar-refractivity contribution in [1.82, 2.24) is 25.1 Å². The topological polar surface area (TPSA) is 91.4 Å². The molecule has 0 aliphatic carbocycles. The van der Waals surface area contributed by atoms with Crippen LogP contribution in [0, 0.1) is 13.8 Å². The molecule has 7 heteroatoms. The highest BCUT2D eigenvalue weighted by Gasteiger charge is 2.02. The summed E-state index contributed by atoms with van der Waals surface area (Å²) in [5, 5.41) is 13.2. The Hall–Kier alpha value is -2.96. The van der Waals surface area contributed by atoms with E-state index in [1.807, 2.05) is 32.0 Å². The van der Waals surface area contributed by atoms with Crippen LogP contribution in [0.5, 0.6) is 0 Å². The molecule has 3 rings (SSSR count). The van der Waals surface area contributed by atoms with Crippen molar-refractivity contribution in [2.45, 2.75) is 13.8 Å². The highest BCUT2D eigenvalue weighted by atomic mass is 15.2. The van der Waals surface area contributed by atoms with Crippen molar-refractivity contribution in [2.75, 3.05) is 10.6 Å². The standard InChI is InChI=1S/C14H15N7/c1-9-3-4-11(6-16-9)17-13-7-15-8-14(19-13)18-12-5-10(2)20-21-12/h3-8H,1-2H3,(H3,17,18,19,20,21). The fraction of sp³-hybridized carbons (Fsp3) is 0.143. The van der Waals surface area contributed by atoms with Gasteiger partial charge in [-0.05, 0) is 26.0 Å². The van der Waals surface area contributed by atoms with Crippen molar-refractivity contribution in [3.63, 3.8) is 0 Å². The molecule has 3 aromatic heterocycles. The molecule has 21 heavy (non-hydrogen) atoms. The molecule has 0 aliphatic heterocycles. The number of pyridine rings is 1. The quantitative estimate of drug-likeness (QED) is 0.681. The Balaban J connectivity index is 1.75. The number of aromatic amines is 1. The molecule has 0 amide bonds. The molecule has 0 saturated carbocycles. The van der Waals surface area contributed by atoms with Crippen LogP contribution in [0.25, 0.3) is 0 Å². The lowest BCUT2D eigenvalue weighted by molar-refractivity contribution is 1.05. The highest BCUT2D eigenvalue weighted by molar-refractivity contribution is 5.58. The smallest absolute Gasteiger partial charge is 0.153 e. The summed E-state index contributed by atoms with van der Waals surface area (Å²) < 4.78 is 0. The number of nitrogens with one attached hydrogen (secondary N) is 3. The Morgan fingerprint density at radius 2 is 1.76 bits per heavy atom. The van der Waals surface area contributed by atoms with Crippen LogP contribution in [-0.2, 0) is 0 Å². The van der Waals surface area contributed by atoms with Crippen molar-refractivity contribution < 1.29 is 0 Å². The summed E-state index contributed by atoms with van der Waals surface area (Å²) in [6.45, 7) is 3.88. The first kappa shape index (κ1) is 13.0. The minimum Gasteiger partial charge on any atom is -0.338 e. The highest BCUT2D eigenvalue weighted by Crippen LogP contribution is 2.16. The van der Waals surface area contributed by atoms with Gasteiger partial charge in [0, 0.05) is 17.5 Å². The molecule has 3 aromatic rings.